The van der Waals surface area contributed by atoms with Crippen molar-refractivity contribution < 1.29 is 4.79 Å². The van der Waals surface area contributed by atoms with E-state index in [4.69, 9.17) is 0 Å². The van der Waals surface area contributed by atoms with Gasteiger partial charge in [-0.25, -0.2) is 0 Å². The van der Waals surface area contributed by atoms with Crippen molar-refractivity contribution in [1.82, 2.24) is 5.32 Å². The van der Waals surface area contributed by atoms with E-state index in [9.17, 15) is 4.79 Å². The number of hydrogen-bond acceptors (Lipinski definition) is 1. The highest BCUT2D eigenvalue weighted by Crippen LogP contribution is 2.38. The Hall–Kier alpha value is -2.35. The summed E-state index contributed by atoms with van der Waals surface area (Å²) < 4.78 is 0. The second kappa shape index (κ2) is 12.6. The molecule has 0 aromatic heterocycles. The zero-order valence-corrected chi connectivity index (χ0v) is 20.2. The first-order valence-electron chi connectivity index (χ1n) is 12.7. The van der Waals surface area contributed by atoms with Gasteiger partial charge in [0.05, 0.1) is 0 Å². The molecule has 0 heterocycles. The summed E-state index contributed by atoms with van der Waals surface area (Å²) in [4.78, 5) is 11.2. The van der Waals surface area contributed by atoms with Crippen LogP contribution < -0.4 is 5.32 Å². The van der Waals surface area contributed by atoms with Gasteiger partial charge in [0.2, 0.25) is 5.91 Å². The molecule has 3 rings (SSSR count). The average Bonchev–Trinajstić information content (AvgIpc) is 2.82. The fraction of sp³-hybridized carbons (Fsp3) is 0.500. The van der Waals surface area contributed by atoms with Crippen molar-refractivity contribution in [3.05, 3.63) is 71.8 Å². The molecule has 172 valence electrons. The molecule has 0 spiro atoms. The molecule has 1 aliphatic carbocycles. The fourth-order valence-corrected chi connectivity index (χ4v) is 5.18. The van der Waals surface area contributed by atoms with E-state index in [1.807, 2.05) is 0 Å². The summed E-state index contributed by atoms with van der Waals surface area (Å²) in [6, 6.07) is 16.1. The molecule has 2 aromatic carbocycles. The molecule has 1 amide bonds. The van der Waals surface area contributed by atoms with Crippen LogP contribution in [0.1, 0.15) is 87.3 Å². The highest BCUT2D eigenvalue weighted by atomic mass is 16.1. The van der Waals surface area contributed by atoms with Gasteiger partial charge in [0, 0.05) is 6.54 Å². The summed E-state index contributed by atoms with van der Waals surface area (Å²) >= 11 is 0. The van der Waals surface area contributed by atoms with Crippen molar-refractivity contribution in [2.75, 3.05) is 6.54 Å². The largest absolute Gasteiger partial charge is 0.353 e. The number of hydrogen-bond donors (Lipinski definition) is 1. The number of amides is 1. The van der Waals surface area contributed by atoms with Gasteiger partial charge in [-0.2, -0.15) is 0 Å². The standard InChI is InChI=1S/C30H41NO/c1-4-6-7-9-24-11-14-26(15-12-24)27-16-18-28(19-17-27)29-20-13-25(22-23(29)3)10-8-21-31-30(32)5-2/h5,13,16-20,22,24,26H,2,4,6-12,14-15,21H2,1,3H3,(H,31,32). The molecule has 0 saturated heterocycles. The summed E-state index contributed by atoms with van der Waals surface area (Å²) in [5.74, 6) is 1.62. The molecule has 0 bridgehead atoms. The van der Waals surface area contributed by atoms with E-state index in [2.05, 4.69) is 68.2 Å². The van der Waals surface area contributed by atoms with Crippen LogP contribution in [0.5, 0.6) is 0 Å². The van der Waals surface area contributed by atoms with Crippen LogP contribution in [0.4, 0.5) is 0 Å². The molecule has 2 nitrogen and oxygen atoms in total. The van der Waals surface area contributed by atoms with E-state index in [1.165, 1.54) is 85.3 Å². The minimum atomic E-state index is -0.0972. The van der Waals surface area contributed by atoms with Crippen LogP contribution >= 0.6 is 0 Å². The average molecular weight is 432 g/mol. The van der Waals surface area contributed by atoms with Crippen LogP contribution in [0.2, 0.25) is 0 Å². The fourth-order valence-electron chi connectivity index (χ4n) is 5.18. The Morgan fingerprint density at radius 1 is 1.03 bits per heavy atom. The van der Waals surface area contributed by atoms with E-state index in [-0.39, 0.29) is 5.91 Å². The maximum absolute atomic E-state index is 11.2. The normalized spacial score (nSPS) is 18.3. The van der Waals surface area contributed by atoms with Crippen molar-refractivity contribution in [2.24, 2.45) is 5.92 Å². The van der Waals surface area contributed by atoms with E-state index in [0.717, 1.165) is 24.7 Å². The molecule has 0 atom stereocenters. The van der Waals surface area contributed by atoms with Crippen LogP contribution in [0.15, 0.2) is 55.1 Å². The van der Waals surface area contributed by atoms with Gasteiger partial charge >= 0.3 is 0 Å². The first-order valence-corrected chi connectivity index (χ1v) is 12.7. The number of unbranched alkanes of at least 4 members (excludes halogenated alkanes) is 2. The summed E-state index contributed by atoms with van der Waals surface area (Å²) in [6.45, 7) is 8.67. The van der Waals surface area contributed by atoms with Gasteiger partial charge in [0.1, 0.15) is 0 Å². The molecule has 1 fully saturated rings. The van der Waals surface area contributed by atoms with Crippen LogP contribution in [0.3, 0.4) is 0 Å². The van der Waals surface area contributed by atoms with Gasteiger partial charge < -0.3 is 5.32 Å². The lowest BCUT2D eigenvalue weighted by Crippen LogP contribution is -2.22. The smallest absolute Gasteiger partial charge is 0.243 e. The van der Waals surface area contributed by atoms with Gasteiger partial charge in [-0.1, -0.05) is 81.7 Å². The molecule has 32 heavy (non-hydrogen) atoms. The van der Waals surface area contributed by atoms with Gasteiger partial charge in [0.25, 0.3) is 0 Å². The predicted octanol–water partition coefficient (Wildman–Crippen LogP) is 7.75. The minimum Gasteiger partial charge on any atom is -0.353 e. The number of carbonyl (C=O) groups is 1. The van der Waals surface area contributed by atoms with Crippen molar-refractivity contribution in [2.45, 2.75) is 84.0 Å². The third-order valence-corrected chi connectivity index (χ3v) is 7.17. The van der Waals surface area contributed by atoms with Gasteiger partial charge in [-0.3, -0.25) is 4.79 Å². The highest BCUT2D eigenvalue weighted by molar-refractivity contribution is 5.86. The quantitative estimate of drug-likeness (QED) is 0.286. The molecule has 1 saturated carbocycles. The molecule has 0 unspecified atom stereocenters. The Bertz CT molecular complexity index is 859. The number of rotatable bonds is 11. The van der Waals surface area contributed by atoms with Crippen molar-refractivity contribution in [1.29, 1.82) is 0 Å². The van der Waals surface area contributed by atoms with Crippen LogP contribution in [-0.4, -0.2) is 12.5 Å². The van der Waals surface area contributed by atoms with E-state index in [0.29, 0.717) is 6.54 Å². The van der Waals surface area contributed by atoms with E-state index < -0.39 is 0 Å². The maximum atomic E-state index is 11.2. The van der Waals surface area contributed by atoms with Gasteiger partial charge in [0.15, 0.2) is 0 Å². The summed E-state index contributed by atoms with van der Waals surface area (Å²) in [5, 5.41) is 2.84. The monoisotopic (exact) mass is 431 g/mol. The Morgan fingerprint density at radius 2 is 1.78 bits per heavy atom. The van der Waals surface area contributed by atoms with Gasteiger partial charge in [-0.05, 0) is 91.2 Å². The number of nitrogens with one attached hydrogen (secondary N) is 1. The SMILES string of the molecule is C=CC(=O)NCCCc1ccc(-c2ccc(C3CCC(CCCCC)CC3)cc2)c(C)c1. The number of aryl methyl sites for hydroxylation is 2. The summed E-state index contributed by atoms with van der Waals surface area (Å²) in [5.41, 5.74) is 6.80. The predicted molar refractivity (Wildman–Crippen MR) is 137 cm³/mol. The molecule has 0 aliphatic heterocycles. The van der Waals surface area contributed by atoms with Crippen molar-refractivity contribution in [3.8, 4) is 11.1 Å². The zero-order chi connectivity index (χ0) is 22.8. The van der Waals surface area contributed by atoms with Crippen molar-refractivity contribution >= 4 is 5.91 Å². The lowest BCUT2D eigenvalue weighted by molar-refractivity contribution is -0.116. The molecule has 1 aliphatic rings. The molecular weight excluding hydrogens is 390 g/mol. The Morgan fingerprint density at radius 3 is 2.44 bits per heavy atom. The summed E-state index contributed by atoms with van der Waals surface area (Å²) in [7, 11) is 0. The molecule has 1 N–H and O–H groups in total. The zero-order valence-electron chi connectivity index (χ0n) is 20.2. The van der Waals surface area contributed by atoms with Crippen LogP contribution in [0.25, 0.3) is 11.1 Å². The van der Waals surface area contributed by atoms with E-state index >= 15 is 0 Å². The molecule has 0 radical (unpaired) electrons. The summed E-state index contributed by atoms with van der Waals surface area (Å²) in [6.07, 6.45) is 14.4. The number of carbonyl (C=O) groups excluding carboxylic acids is 1. The topological polar surface area (TPSA) is 29.1 Å². The lowest BCUT2D eigenvalue weighted by Gasteiger charge is -2.29. The molecular formula is C30H41NO. The third kappa shape index (κ3) is 7.08. The second-order valence-electron chi connectivity index (χ2n) is 9.58. The van der Waals surface area contributed by atoms with Crippen LogP contribution in [-0.2, 0) is 11.2 Å². The first-order chi connectivity index (χ1) is 15.6. The molecule has 2 heteroatoms. The second-order valence-corrected chi connectivity index (χ2v) is 9.58. The van der Waals surface area contributed by atoms with Gasteiger partial charge in [-0.15, -0.1) is 0 Å². The van der Waals surface area contributed by atoms with Crippen LogP contribution in [0, 0.1) is 12.8 Å². The Kier molecular flexibility index (Phi) is 9.59. The minimum absolute atomic E-state index is 0.0972. The number of benzene rings is 2. The third-order valence-electron chi connectivity index (χ3n) is 7.17. The highest BCUT2D eigenvalue weighted by Gasteiger charge is 2.22. The maximum Gasteiger partial charge on any atom is 0.243 e. The van der Waals surface area contributed by atoms with E-state index in [1.54, 1.807) is 0 Å². The lowest BCUT2D eigenvalue weighted by atomic mass is 9.77. The molecule has 2 aromatic rings. The Balaban J connectivity index is 1.52. The van der Waals surface area contributed by atoms with Crippen molar-refractivity contribution in [3.63, 3.8) is 0 Å². The first kappa shape index (κ1) is 24.3. The Labute approximate surface area is 195 Å².